The predicted molar refractivity (Wildman–Crippen MR) is 101 cm³/mol. The summed E-state index contributed by atoms with van der Waals surface area (Å²) in [4.78, 5) is 31.2. The first-order chi connectivity index (χ1) is 13.4. The van der Waals surface area contributed by atoms with Crippen molar-refractivity contribution in [1.82, 2.24) is 14.3 Å². The van der Waals surface area contributed by atoms with E-state index in [9.17, 15) is 18.4 Å². The molecule has 0 unspecified atom stereocenters. The highest BCUT2D eigenvalue weighted by atomic mass is 19.1. The van der Waals surface area contributed by atoms with E-state index in [1.807, 2.05) is 6.92 Å². The number of nitrogens with zero attached hydrogens (tertiary/aromatic N) is 3. The fourth-order valence-corrected chi connectivity index (χ4v) is 2.80. The van der Waals surface area contributed by atoms with Crippen LogP contribution >= 0.6 is 0 Å². The maximum Gasteiger partial charge on any atom is 0.292 e. The molecule has 0 aliphatic carbocycles. The Morgan fingerprint density at radius 1 is 1.21 bits per heavy atom. The number of nitrogens with one attached hydrogen (secondary N) is 1. The number of carbonyl (C=O) groups is 2. The molecule has 28 heavy (non-hydrogen) atoms. The molecular formula is C20H20F2N4O2. The number of carbonyl (C=O) groups excluding carboxylic acids is 2. The van der Waals surface area contributed by atoms with Crippen LogP contribution < -0.4 is 5.32 Å². The Morgan fingerprint density at radius 2 is 2.00 bits per heavy atom. The predicted octanol–water partition coefficient (Wildman–Crippen LogP) is 3.74. The number of halogens is 2. The molecule has 0 saturated heterocycles. The van der Waals surface area contributed by atoms with Gasteiger partial charge in [-0.15, -0.1) is 0 Å². The van der Waals surface area contributed by atoms with E-state index < -0.39 is 17.5 Å². The van der Waals surface area contributed by atoms with Crippen LogP contribution in [0.1, 0.15) is 40.9 Å². The molecule has 8 heteroatoms. The Labute approximate surface area is 160 Å². The van der Waals surface area contributed by atoms with E-state index >= 15 is 0 Å². The van der Waals surface area contributed by atoms with Crippen molar-refractivity contribution in [3.63, 3.8) is 0 Å². The normalized spacial score (nSPS) is 10.9. The zero-order chi connectivity index (χ0) is 20.3. The molecule has 0 radical (unpaired) electrons. The summed E-state index contributed by atoms with van der Waals surface area (Å²) in [5.74, 6) is -2.72. The van der Waals surface area contributed by atoms with E-state index in [1.54, 1.807) is 36.3 Å². The fourth-order valence-electron chi connectivity index (χ4n) is 2.80. The van der Waals surface area contributed by atoms with Gasteiger partial charge in [-0.05, 0) is 30.7 Å². The van der Waals surface area contributed by atoms with E-state index in [0.717, 1.165) is 25.0 Å². The summed E-state index contributed by atoms with van der Waals surface area (Å²) in [6.45, 7) is 2.60. The van der Waals surface area contributed by atoms with E-state index in [0.29, 0.717) is 18.1 Å². The van der Waals surface area contributed by atoms with Gasteiger partial charge in [0, 0.05) is 25.9 Å². The second-order valence-corrected chi connectivity index (χ2v) is 6.40. The second-order valence-electron chi connectivity index (χ2n) is 6.40. The highest BCUT2D eigenvalue weighted by Crippen LogP contribution is 2.19. The number of unbranched alkanes of at least 4 members (excludes halogenated alkanes) is 1. The Balaban J connectivity index is 1.95. The van der Waals surface area contributed by atoms with Crippen molar-refractivity contribution in [3.05, 3.63) is 65.7 Å². The Kier molecular flexibility index (Phi) is 5.67. The van der Waals surface area contributed by atoms with Crippen LogP contribution in [0.3, 0.4) is 0 Å². The summed E-state index contributed by atoms with van der Waals surface area (Å²) in [7, 11) is 1.68. The van der Waals surface area contributed by atoms with Gasteiger partial charge in [-0.1, -0.05) is 19.4 Å². The molecule has 3 aromatic rings. The summed E-state index contributed by atoms with van der Waals surface area (Å²) in [5.41, 5.74) is 0.441. The molecule has 0 aliphatic rings. The lowest BCUT2D eigenvalue weighted by molar-refractivity contribution is 0.0790. The Bertz CT molecular complexity index is 1030. The van der Waals surface area contributed by atoms with Crippen LogP contribution in [0, 0.1) is 11.6 Å². The molecule has 6 nitrogen and oxygen atoms in total. The molecule has 2 aromatic heterocycles. The van der Waals surface area contributed by atoms with Gasteiger partial charge in [0.15, 0.2) is 5.69 Å². The van der Waals surface area contributed by atoms with Gasteiger partial charge in [-0.25, -0.2) is 13.8 Å². The number of imidazole rings is 1. The first-order valence-corrected chi connectivity index (χ1v) is 8.91. The molecule has 0 spiro atoms. The Morgan fingerprint density at radius 3 is 2.71 bits per heavy atom. The zero-order valence-electron chi connectivity index (χ0n) is 15.6. The van der Waals surface area contributed by atoms with Crippen LogP contribution in [0.2, 0.25) is 0 Å². The summed E-state index contributed by atoms with van der Waals surface area (Å²) in [6.07, 6.45) is 3.39. The van der Waals surface area contributed by atoms with Gasteiger partial charge in [-0.2, -0.15) is 0 Å². The van der Waals surface area contributed by atoms with Crippen LogP contribution in [0.15, 0.2) is 42.6 Å². The standard InChI is InChI=1S/C20H20F2N4O2/c1-3-4-10-25(2)20(28)17-16-7-5-6-11-26(16)18(24-17)19(27)23-15-9-8-13(21)12-14(15)22/h5-9,11-12H,3-4,10H2,1-2H3,(H,23,27). The van der Waals surface area contributed by atoms with Gasteiger partial charge in [0.2, 0.25) is 5.82 Å². The van der Waals surface area contributed by atoms with E-state index in [4.69, 9.17) is 0 Å². The largest absolute Gasteiger partial charge is 0.340 e. The highest BCUT2D eigenvalue weighted by molar-refractivity contribution is 6.06. The SMILES string of the molecule is CCCCN(C)C(=O)c1nc(C(=O)Nc2ccc(F)cc2F)n2ccccc12. The van der Waals surface area contributed by atoms with Crippen LogP contribution in [-0.4, -0.2) is 39.7 Å². The quantitative estimate of drug-likeness (QED) is 0.702. The summed E-state index contributed by atoms with van der Waals surface area (Å²) in [5, 5.41) is 2.37. The minimum absolute atomic E-state index is 0.0634. The summed E-state index contributed by atoms with van der Waals surface area (Å²) < 4.78 is 28.4. The topological polar surface area (TPSA) is 66.7 Å². The molecule has 2 heterocycles. The third kappa shape index (κ3) is 3.85. The van der Waals surface area contributed by atoms with Crippen molar-refractivity contribution in [2.75, 3.05) is 18.9 Å². The number of rotatable bonds is 6. The van der Waals surface area contributed by atoms with E-state index in [1.165, 1.54) is 4.40 Å². The van der Waals surface area contributed by atoms with Crippen molar-refractivity contribution < 1.29 is 18.4 Å². The molecular weight excluding hydrogens is 366 g/mol. The minimum Gasteiger partial charge on any atom is -0.340 e. The number of hydrogen-bond acceptors (Lipinski definition) is 3. The van der Waals surface area contributed by atoms with Gasteiger partial charge < -0.3 is 10.2 Å². The first kappa shape index (κ1) is 19.5. The molecule has 0 aliphatic heterocycles. The number of fused-ring (bicyclic) bond motifs is 1. The number of hydrogen-bond donors (Lipinski definition) is 1. The second kappa shape index (κ2) is 8.16. The van der Waals surface area contributed by atoms with Gasteiger partial charge >= 0.3 is 0 Å². The van der Waals surface area contributed by atoms with Crippen molar-refractivity contribution in [2.45, 2.75) is 19.8 Å². The molecule has 3 rings (SSSR count). The summed E-state index contributed by atoms with van der Waals surface area (Å²) in [6, 6.07) is 7.96. The van der Waals surface area contributed by atoms with Crippen LogP contribution in [0.25, 0.3) is 5.52 Å². The first-order valence-electron chi connectivity index (χ1n) is 8.91. The van der Waals surface area contributed by atoms with Gasteiger partial charge in [0.05, 0.1) is 11.2 Å². The maximum absolute atomic E-state index is 13.9. The van der Waals surface area contributed by atoms with E-state index in [-0.39, 0.29) is 23.1 Å². The number of aromatic nitrogens is 2. The third-order valence-electron chi connectivity index (χ3n) is 4.33. The molecule has 0 bridgehead atoms. The van der Waals surface area contributed by atoms with E-state index in [2.05, 4.69) is 10.3 Å². The van der Waals surface area contributed by atoms with Crippen LogP contribution in [0.5, 0.6) is 0 Å². The van der Waals surface area contributed by atoms with Gasteiger partial charge in [0.25, 0.3) is 11.8 Å². The lowest BCUT2D eigenvalue weighted by Gasteiger charge is -2.15. The fraction of sp³-hybridized carbons (Fsp3) is 0.250. The molecule has 0 saturated carbocycles. The van der Waals surface area contributed by atoms with Crippen molar-refractivity contribution in [1.29, 1.82) is 0 Å². The molecule has 146 valence electrons. The summed E-state index contributed by atoms with van der Waals surface area (Å²) >= 11 is 0. The monoisotopic (exact) mass is 386 g/mol. The van der Waals surface area contributed by atoms with Crippen LogP contribution in [0.4, 0.5) is 14.5 Å². The van der Waals surface area contributed by atoms with Crippen molar-refractivity contribution >= 4 is 23.0 Å². The smallest absolute Gasteiger partial charge is 0.292 e. The molecule has 1 aromatic carbocycles. The third-order valence-corrected chi connectivity index (χ3v) is 4.33. The number of anilines is 1. The molecule has 2 amide bonds. The highest BCUT2D eigenvalue weighted by Gasteiger charge is 2.24. The number of benzene rings is 1. The lowest BCUT2D eigenvalue weighted by atomic mass is 10.2. The average Bonchev–Trinajstić information content (AvgIpc) is 3.07. The Hall–Kier alpha value is -3.29. The van der Waals surface area contributed by atoms with Crippen molar-refractivity contribution in [2.24, 2.45) is 0 Å². The number of amides is 2. The molecule has 0 fully saturated rings. The van der Waals surface area contributed by atoms with Gasteiger partial charge in [0.1, 0.15) is 11.6 Å². The molecule has 1 N–H and O–H groups in total. The minimum atomic E-state index is -0.898. The van der Waals surface area contributed by atoms with Crippen molar-refractivity contribution in [3.8, 4) is 0 Å². The van der Waals surface area contributed by atoms with Crippen LogP contribution in [-0.2, 0) is 0 Å². The number of pyridine rings is 1. The van der Waals surface area contributed by atoms with Gasteiger partial charge in [-0.3, -0.25) is 14.0 Å². The zero-order valence-corrected chi connectivity index (χ0v) is 15.6. The average molecular weight is 386 g/mol. The lowest BCUT2D eigenvalue weighted by Crippen LogP contribution is -2.28. The maximum atomic E-state index is 13.9. The molecule has 0 atom stereocenters.